The SMILES string of the molecule is C=CCN(CC=C)C(=O)OC[Si](C)(C)C. The van der Waals surface area contributed by atoms with Crippen molar-refractivity contribution in [1.82, 2.24) is 4.90 Å². The molecule has 0 rings (SSSR count). The zero-order valence-corrected chi connectivity index (χ0v) is 11.0. The second-order valence-electron chi connectivity index (χ2n) is 4.60. The maximum Gasteiger partial charge on any atom is 0.410 e. The summed E-state index contributed by atoms with van der Waals surface area (Å²) >= 11 is 0. The van der Waals surface area contributed by atoms with Crippen LogP contribution in [-0.4, -0.2) is 38.4 Å². The normalized spacial score (nSPS) is 10.6. The monoisotopic (exact) mass is 227 g/mol. The molecular formula is C11H21NO2Si. The van der Waals surface area contributed by atoms with Crippen LogP contribution in [0.3, 0.4) is 0 Å². The number of amides is 1. The van der Waals surface area contributed by atoms with Gasteiger partial charge in [-0.25, -0.2) is 4.79 Å². The molecule has 0 spiro atoms. The summed E-state index contributed by atoms with van der Waals surface area (Å²) in [4.78, 5) is 13.2. The minimum atomic E-state index is -1.33. The Bertz CT molecular complexity index is 223. The van der Waals surface area contributed by atoms with Crippen LogP contribution in [0.5, 0.6) is 0 Å². The van der Waals surface area contributed by atoms with E-state index in [2.05, 4.69) is 32.8 Å². The van der Waals surface area contributed by atoms with E-state index in [0.717, 1.165) is 0 Å². The highest BCUT2D eigenvalue weighted by Gasteiger charge is 2.18. The Labute approximate surface area is 93.4 Å². The number of nitrogens with zero attached hydrogens (tertiary/aromatic N) is 1. The van der Waals surface area contributed by atoms with E-state index < -0.39 is 8.07 Å². The van der Waals surface area contributed by atoms with Crippen molar-refractivity contribution in [3.05, 3.63) is 25.3 Å². The molecule has 0 aromatic rings. The first-order valence-electron chi connectivity index (χ1n) is 5.04. The number of rotatable bonds is 6. The Kier molecular flexibility index (Phi) is 6.01. The fraction of sp³-hybridized carbons (Fsp3) is 0.545. The van der Waals surface area contributed by atoms with E-state index in [-0.39, 0.29) is 6.09 Å². The molecule has 0 aromatic carbocycles. The van der Waals surface area contributed by atoms with Crippen LogP contribution in [0, 0.1) is 0 Å². The van der Waals surface area contributed by atoms with Gasteiger partial charge in [0.05, 0.1) is 14.3 Å². The van der Waals surface area contributed by atoms with Crippen LogP contribution < -0.4 is 0 Å². The molecule has 86 valence electrons. The van der Waals surface area contributed by atoms with Crippen LogP contribution in [0.2, 0.25) is 19.6 Å². The molecule has 0 N–H and O–H groups in total. The van der Waals surface area contributed by atoms with Crippen molar-refractivity contribution in [2.45, 2.75) is 19.6 Å². The van der Waals surface area contributed by atoms with Gasteiger partial charge in [0, 0.05) is 13.1 Å². The lowest BCUT2D eigenvalue weighted by atomic mass is 10.5. The van der Waals surface area contributed by atoms with E-state index in [1.165, 1.54) is 0 Å². The van der Waals surface area contributed by atoms with Gasteiger partial charge in [0.1, 0.15) is 0 Å². The van der Waals surface area contributed by atoms with Crippen molar-refractivity contribution < 1.29 is 9.53 Å². The summed E-state index contributed by atoms with van der Waals surface area (Å²) < 4.78 is 5.23. The Morgan fingerprint density at radius 2 is 1.73 bits per heavy atom. The molecule has 0 saturated heterocycles. The second kappa shape index (κ2) is 6.45. The van der Waals surface area contributed by atoms with Crippen LogP contribution in [0.1, 0.15) is 0 Å². The van der Waals surface area contributed by atoms with Gasteiger partial charge < -0.3 is 9.64 Å². The van der Waals surface area contributed by atoms with Crippen molar-refractivity contribution in [2.24, 2.45) is 0 Å². The van der Waals surface area contributed by atoms with Gasteiger partial charge in [0.2, 0.25) is 0 Å². The van der Waals surface area contributed by atoms with Gasteiger partial charge in [-0.3, -0.25) is 0 Å². The van der Waals surface area contributed by atoms with Gasteiger partial charge in [0.25, 0.3) is 0 Å². The van der Waals surface area contributed by atoms with Crippen LogP contribution in [0.15, 0.2) is 25.3 Å². The lowest BCUT2D eigenvalue weighted by molar-refractivity contribution is 0.124. The number of hydrogen-bond donors (Lipinski definition) is 0. The second-order valence-corrected chi connectivity index (χ2v) is 10.0. The lowest BCUT2D eigenvalue weighted by Crippen LogP contribution is -2.37. The summed E-state index contributed by atoms with van der Waals surface area (Å²) in [5.74, 6) is 0. The summed E-state index contributed by atoms with van der Waals surface area (Å²) in [6.07, 6.45) is 3.63. The van der Waals surface area contributed by atoms with Crippen molar-refractivity contribution >= 4 is 14.2 Å². The van der Waals surface area contributed by atoms with Gasteiger partial charge in [0.15, 0.2) is 0 Å². The summed E-state index contributed by atoms with van der Waals surface area (Å²) in [7, 11) is -1.33. The van der Waals surface area contributed by atoms with Crippen molar-refractivity contribution in [3.63, 3.8) is 0 Å². The summed E-state index contributed by atoms with van der Waals surface area (Å²) in [5.41, 5.74) is 0. The molecule has 15 heavy (non-hydrogen) atoms. The first-order chi connectivity index (χ1) is 6.90. The quantitative estimate of drug-likeness (QED) is 0.516. The Balaban J connectivity index is 4.13. The Morgan fingerprint density at radius 1 is 1.27 bits per heavy atom. The smallest absolute Gasteiger partial charge is 0.410 e. The van der Waals surface area contributed by atoms with Gasteiger partial charge in [-0.2, -0.15) is 0 Å². The molecule has 0 aliphatic heterocycles. The topological polar surface area (TPSA) is 29.5 Å². The maximum absolute atomic E-state index is 11.6. The standard InChI is InChI=1S/C11H21NO2Si/c1-6-8-12(9-7-2)11(13)14-10-15(3,4)5/h6-7H,1-2,8-10H2,3-5H3. The van der Waals surface area contributed by atoms with E-state index in [1.54, 1.807) is 17.1 Å². The van der Waals surface area contributed by atoms with Crippen LogP contribution in [0.4, 0.5) is 4.79 Å². The highest BCUT2D eigenvalue weighted by Crippen LogP contribution is 2.03. The van der Waals surface area contributed by atoms with Gasteiger partial charge in [-0.05, 0) is 0 Å². The number of hydrogen-bond acceptors (Lipinski definition) is 2. The zero-order valence-electron chi connectivity index (χ0n) is 9.95. The molecular weight excluding hydrogens is 206 g/mol. The molecule has 0 aromatic heterocycles. The van der Waals surface area contributed by atoms with E-state index in [1.807, 2.05) is 0 Å². The summed E-state index contributed by atoms with van der Waals surface area (Å²) in [6.45, 7) is 14.7. The molecule has 0 radical (unpaired) electrons. The summed E-state index contributed by atoms with van der Waals surface area (Å²) in [6, 6.07) is 0. The predicted molar refractivity (Wildman–Crippen MR) is 66.7 cm³/mol. The molecule has 0 saturated carbocycles. The molecule has 3 nitrogen and oxygen atoms in total. The maximum atomic E-state index is 11.6. The zero-order chi connectivity index (χ0) is 11.9. The van der Waals surface area contributed by atoms with Gasteiger partial charge >= 0.3 is 6.09 Å². The third-order valence-corrected chi connectivity index (χ3v) is 2.60. The van der Waals surface area contributed by atoms with Crippen molar-refractivity contribution in [3.8, 4) is 0 Å². The fourth-order valence-corrected chi connectivity index (χ4v) is 1.46. The number of carbonyl (C=O) groups excluding carboxylic acids is 1. The number of carbonyl (C=O) groups is 1. The van der Waals surface area contributed by atoms with E-state index in [0.29, 0.717) is 19.3 Å². The fourth-order valence-electron chi connectivity index (χ4n) is 0.905. The van der Waals surface area contributed by atoms with Crippen molar-refractivity contribution in [2.75, 3.05) is 19.3 Å². The summed E-state index contributed by atoms with van der Waals surface area (Å²) in [5, 5.41) is 0. The molecule has 0 fully saturated rings. The van der Waals surface area contributed by atoms with Crippen LogP contribution in [0.25, 0.3) is 0 Å². The lowest BCUT2D eigenvalue weighted by Gasteiger charge is -2.22. The Morgan fingerprint density at radius 3 is 2.07 bits per heavy atom. The minimum Gasteiger partial charge on any atom is -0.453 e. The predicted octanol–water partition coefficient (Wildman–Crippen LogP) is 2.67. The molecule has 1 amide bonds. The molecule has 0 bridgehead atoms. The number of ether oxygens (including phenoxy) is 1. The molecule has 0 atom stereocenters. The molecule has 0 aliphatic carbocycles. The molecule has 0 aliphatic rings. The average molecular weight is 227 g/mol. The van der Waals surface area contributed by atoms with Gasteiger partial charge in [-0.1, -0.05) is 31.8 Å². The van der Waals surface area contributed by atoms with Crippen LogP contribution in [-0.2, 0) is 4.74 Å². The Hall–Kier alpha value is -1.03. The largest absolute Gasteiger partial charge is 0.453 e. The van der Waals surface area contributed by atoms with Crippen molar-refractivity contribution in [1.29, 1.82) is 0 Å². The average Bonchev–Trinajstić information content (AvgIpc) is 2.13. The molecule has 0 heterocycles. The third-order valence-electron chi connectivity index (χ3n) is 1.59. The molecule has 0 unspecified atom stereocenters. The highest BCUT2D eigenvalue weighted by atomic mass is 28.3. The third kappa shape index (κ3) is 6.96. The first-order valence-corrected chi connectivity index (χ1v) is 8.75. The van der Waals surface area contributed by atoms with Gasteiger partial charge in [-0.15, -0.1) is 13.2 Å². The first kappa shape index (κ1) is 14.0. The van der Waals surface area contributed by atoms with E-state index in [9.17, 15) is 4.79 Å². The molecule has 4 heteroatoms. The highest BCUT2D eigenvalue weighted by molar-refractivity contribution is 6.76. The minimum absolute atomic E-state index is 0.280. The van der Waals surface area contributed by atoms with E-state index in [4.69, 9.17) is 4.74 Å². The van der Waals surface area contributed by atoms with E-state index >= 15 is 0 Å². The van der Waals surface area contributed by atoms with Crippen LogP contribution >= 0.6 is 0 Å².